The largest absolute Gasteiger partial charge is 0.507 e. The van der Waals surface area contributed by atoms with E-state index in [0.717, 1.165) is 22.3 Å². The van der Waals surface area contributed by atoms with Gasteiger partial charge in [0.05, 0.1) is 14.2 Å². The summed E-state index contributed by atoms with van der Waals surface area (Å²) in [5.74, 6) is 1.01. The van der Waals surface area contributed by atoms with E-state index in [4.69, 9.17) is 9.47 Å². The predicted octanol–water partition coefficient (Wildman–Crippen LogP) is 5.38. The first-order chi connectivity index (χ1) is 11.9. The van der Waals surface area contributed by atoms with Crippen LogP contribution < -0.4 is 9.47 Å². The van der Waals surface area contributed by atoms with Crippen molar-refractivity contribution in [2.75, 3.05) is 14.2 Å². The molecule has 142 valence electrons. The number of rotatable bonds is 3. The lowest BCUT2D eigenvalue weighted by atomic mass is 9.77. The minimum Gasteiger partial charge on any atom is -0.507 e. The zero-order valence-electron chi connectivity index (χ0n) is 17.0. The first-order valence-corrected chi connectivity index (χ1v) is 8.73. The van der Waals surface area contributed by atoms with Crippen LogP contribution in [0.15, 0.2) is 24.3 Å². The fourth-order valence-electron chi connectivity index (χ4n) is 3.00. The quantitative estimate of drug-likeness (QED) is 0.774. The van der Waals surface area contributed by atoms with E-state index < -0.39 is 0 Å². The van der Waals surface area contributed by atoms with Gasteiger partial charge in [-0.2, -0.15) is 0 Å². The third kappa shape index (κ3) is 3.74. The van der Waals surface area contributed by atoms with Crippen LogP contribution in [0.3, 0.4) is 0 Å². The molecule has 0 saturated heterocycles. The Morgan fingerprint density at radius 1 is 0.615 bits per heavy atom. The van der Waals surface area contributed by atoms with Crippen molar-refractivity contribution in [1.82, 2.24) is 0 Å². The van der Waals surface area contributed by atoms with E-state index in [9.17, 15) is 10.2 Å². The second-order valence-electron chi connectivity index (χ2n) is 8.65. The second-order valence-corrected chi connectivity index (χ2v) is 8.65. The highest BCUT2D eigenvalue weighted by Crippen LogP contribution is 2.45. The summed E-state index contributed by atoms with van der Waals surface area (Å²) in [6, 6.07) is 7.55. The first-order valence-electron chi connectivity index (χ1n) is 8.73. The molecule has 0 aliphatic heterocycles. The molecular weight excluding hydrogens is 328 g/mol. The molecular formula is C22H30O4. The van der Waals surface area contributed by atoms with E-state index >= 15 is 0 Å². The summed E-state index contributed by atoms with van der Waals surface area (Å²) in [5.41, 5.74) is 3.12. The van der Waals surface area contributed by atoms with Gasteiger partial charge in [0.25, 0.3) is 0 Å². The lowest BCUT2D eigenvalue weighted by Gasteiger charge is -2.28. The Kier molecular flexibility index (Phi) is 5.18. The van der Waals surface area contributed by atoms with E-state index in [2.05, 4.69) is 41.5 Å². The summed E-state index contributed by atoms with van der Waals surface area (Å²) in [6.45, 7) is 12.5. The number of hydrogen-bond donors (Lipinski definition) is 2. The maximum absolute atomic E-state index is 10.9. The van der Waals surface area contributed by atoms with Crippen molar-refractivity contribution in [2.45, 2.75) is 52.4 Å². The van der Waals surface area contributed by atoms with Crippen molar-refractivity contribution in [3.63, 3.8) is 0 Å². The van der Waals surface area contributed by atoms with E-state index in [0.29, 0.717) is 17.2 Å². The van der Waals surface area contributed by atoms with E-state index in [1.807, 2.05) is 12.1 Å². The van der Waals surface area contributed by atoms with E-state index in [-0.39, 0.29) is 16.6 Å². The number of aromatic hydroxyl groups is 2. The molecule has 2 aromatic rings. The van der Waals surface area contributed by atoms with Crippen molar-refractivity contribution >= 4 is 0 Å². The Hall–Kier alpha value is -2.36. The van der Waals surface area contributed by atoms with Gasteiger partial charge >= 0.3 is 0 Å². The van der Waals surface area contributed by atoms with Crippen LogP contribution in [0.4, 0.5) is 0 Å². The van der Waals surface area contributed by atoms with Gasteiger partial charge in [0.1, 0.15) is 5.75 Å². The molecule has 0 spiro atoms. The van der Waals surface area contributed by atoms with Gasteiger partial charge in [-0.25, -0.2) is 0 Å². The monoisotopic (exact) mass is 358 g/mol. The molecule has 0 bridgehead atoms. The third-order valence-corrected chi connectivity index (χ3v) is 4.54. The predicted molar refractivity (Wildman–Crippen MR) is 106 cm³/mol. The van der Waals surface area contributed by atoms with Gasteiger partial charge in [-0.05, 0) is 46.2 Å². The maximum atomic E-state index is 10.9. The molecule has 0 amide bonds. The van der Waals surface area contributed by atoms with Crippen molar-refractivity contribution < 1.29 is 19.7 Å². The van der Waals surface area contributed by atoms with Crippen molar-refractivity contribution in [2.24, 2.45) is 0 Å². The highest BCUT2D eigenvalue weighted by atomic mass is 16.5. The SMILES string of the molecule is COc1cc(-c2cc(C(C)(C)C)c(O)c(C(C)(C)C)c2)cc(OC)c1O. The molecule has 0 aliphatic rings. The molecule has 0 aromatic heterocycles. The Bertz CT molecular complexity index is 748. The number of methoxy groups -OCH3 is 2. The van der Waals surface area contributed by atoms with Gasteiger partial charge in [-0.3, -0.25) is 0 Å². The maximum Gasteiger partial charge on any atom is 0.200 e. The van der Waals surface area contributed by atoms with Crippen molar-refractivity contribution in [3.05, 3.63) is 35.4 Å². The summed E-state index contributed by atoms with van der Waals surface area (Å²) < 4.78 is 10.6. The van der Waals surface area contributed by atoms with Crippen LogP contribution >= 0.6 is 0 Å². The zero-order valence-corrected chi connectivity index (χ0v) is 17.0. The van der Waals surface area contributed by atoms with Gasteiger partial charge in [0, 0.05) is 11.1 Å². The van der Waals surface area contributed by atoms with Gasteiger partial charge in [-0.15, -0.1) is 0 Å². The number of hydrogen-bond acceptors (Lipinski definition) is 4. The second kappa shape index (κ2) is 6.75. The van der Waals surface area contributed by atoms with Crippen LogP contribution in [0.25, 0.3) is 11.1 Å². The average Bonchev–Trinajstić information content (AvgIpc) is 2.53. The molecule has 2 N–H and O–H groups in total. The van der Waals surface area contributed by atoms with Crippen LogP contribution in [-0.4, -0.2) is 24.4 Å². The molecule has 4 nitrogen and oxygen atoms in total. The highest BCUT2D eigenvalue weighted by Gasteiger charge is 2.27. The Morgan fingerprint density at radius 3 is 1.27 bits per heavy atom. The number of ether oxygens (including phenoxy) is 2. The summed E-state index contributed by atoms with van der Waals surface area (Å²) in [5, 5.41) is 21.1. The van der Waals surface area contributed by atoms with E-state index in [1.54, 1.807) is 12.1 Å². The number of phenols is 2. The number of phenolic OH excluding ortho intramolecular Hbond substituents is 2. The van der Waals surface area contributed by atoms with Crippen LogP contribution in [-0.2, 0) is 10.8 Å². The molecule has 0 saturated carbocycles. The fourth-order valence-corrected chi connectivity index (χ4v) is 3.00. The topological polar surface area (TPSA) is 58.9 Å². The molecule has 0 unspecified atom stereocenters. The van der Waals surface area contributed by atoms with Crippen LogP contribution in [0, 0.1) is 0 Å². The lowest BCUT2D eigenvalue weighted by Crippen LogP contribution is -2.17. The Labute approximate surface area is 156 Å². The van der Waals surface area contributed by atoms with Crippen LogP contribution in [0.2, 0.25) is 0 Å². The summed E-state index contributed by atoms with van der Waals surface area (Å²) in [7, 11) is 3.02. The Balaban J connectivity index is 2.82. The first kappa shape index (κ1) is 20.0. The summed E-state index contributed by atoms with van der Waals surface area (Å²) >= 11 is 0. The summed E-state index contributed by atoms with van der Waals surface area (Å²) in [4.78, 5) is 0. The Morgan fingerprint density at radius 2 is 0.962 bits per heavy atom. The third-order valence-electron chi connectivity index (χ3n) is 4.54. The molecule has 2 aromatic carbocycles. The normalized spacial score (nSPS) is 12.2. The molecule has 0 atom stereocenters. The molecule has 0 radical (unpaired) electrons. The average molecular weight is 358 g/mol. The standard InChI is InChI=1S/C22H30O4/c1-21(2,3)15-9-13(10-16(19(15)23)22(4,5)6)14-11-17(25-7)20(24)18(12-14)26-8/h9-12,23-24H,1-8H3. The highest BCUT2D eigenvalue weighted by molar-refractivity contribution is 5.74. The fraction of sp³-hybridized carbons (Fsp3) is 0.455. The molecule has 26 heavy (non-hydrogen) atoms. The van der Waals surface area contributed by atoms with Crippen molar-refractivity contribution in [1.29, 1.82) is 0 Å². The molecule has 4 heteroatoms. The number of benzene rings is 2. The minimum atomic E-state index is -0.217. The van der Waals surface area contributed by atoms with Crippen LogP contribution in [0.5, 0.6) is 23.0 Å². The smallest absolute Gasteiger partial charge is 0.200 e. The molecule has 0 heterocycles. The molecule has 2 rings (SSSR count). The molecule has 0 aliphatic carbocycles. The zero-order chi connectivity index (χ0) is 19.9. The van der Waals surface area contributed by atoms with Crippen molar-refractivity contribution in [3.8, 4) is 34.1 Å². The van der Waals surface area contributed by atoms with Gasteiger partial charge in [0.15, 0.2) is 11.5 Å². The molecule has 0 fully saturated rings. The lowest BCUT2D eigenvalue weighted by molar-refractivity contribution is 0.340. The van der Waals surface area contributed by atoms with Gasteiger partial charge in [-0.1, -0.05) is 41.5 Å². The minimum absolute atomic E-state index is 0.0235. The van der Waals surface area contributed by atoms with E-state index in [1.165, 1.54) is 14.2 Å². The van der Waals surface area contributed by atoms with Gasteiger partial charge < -0.3 is 19.7 Å². The van der Waals surface area contributed by atoms with Gasteiger partial charge in [0.2, 0.25) is 5.75 Å². The summed E-state index contributed by atoms with van der Waals surface area (Å²) in [6.07, 6.45) is 0. The van der Waals surface area contributed by atoms with Crippen LogP contribution in [0.1, 0.15) is 52.7 Å².